The summed E-state index contributed by atoms with van der Waals surface area (Å²) in [4.78, 5) is 35.7. The Morgan fingerprint density at radius 1 is 1.43 bits per heavy atom. The maximum absolute atomic E-state index is 12.1. The first-order valence-corrected chi connectivity index (χ1v) is 8.46. The van der Waals surface area contributed by atoms with E-state index in [4.69, 9.17) is 10.8 Å². The van der Waals surface area contributed by atoms with E-state index >= 15 is 0 Å². The summed E-state index contributed by atoms with van der Waals surface area (Å²) in [6.45, 7) is 0. The zero-order valence-corrected chi connectivity index (χ0v) is 12.9. The molecule has 1 aliphatic rings. The van der Waals surface area contributed by atoms with Crippen LogP contribution < -0.4 is 11.1 Å². The molecule has 1 atom stereocenters. The van der Waals surface area contributed by atoms with E-state index in [1.165, 1.54) is 16.2 Å². The monoisotopic (exact) mass is 328 g/mol. The van der Waals surface area contributed by atoms with E-state index < -0.39 is 23.8 Å². The van der Waals surface area contributed by atoms with Gasteiger partial charge in [-0.05, 0) is 30.2 Å². The number of carboxylic acid groups (broad SMARTS) is 1. The molecular weight excluding hydrogens is 312 g/mol. The standard InChI is InChI=1S/C13H16N2O4S2/c14-11(16)2-1-8(13(18)19)15-12(17)10-5-7-6-20-4-3-9(7)21-10/h5,8H,1-4,6H2,(H2,14,16)(H,15,17)(H,18,19)/t8-/m1/s1. The van der Waals surface area contributed by atoms with E-state index in [0.717, 1.165) is 23.5 Å². The van der Waals surface area contributed by atoms with Crippen LogP contribution >= 0.6 is 23.1 Å². The molecule has 1 aromatic heterocycles. The first kappa shape index (κ1) is 15.8. The lowest BCUT2D eigenvalue weighted by atomic mass is 10.1. The molecule has 0 aromatic carbocycles. The molecule has 1 aromatic rings. The highest BCUT2D eigenvalue weighted by Gasteiger charge is 2.23. The molecule has 0 saturated heterocycles. The van der Waals surface area contributed by atoms with E-state index in [1.54, 1.807) is 0 Å². The summed E-state index contributed by atoms with van der Waals surface area (Å²) in [6.07, 6.45) is 0.869. The largest absolute Gasteiger partial charge is 0.480 e. The van der Waals surface area contributed by atoms with Gasteiger partial charge in [0.1, 0.15) is 6.04 Å². The Balaban J connectivity index is 2.02. The summed E-state index contributed by atoms with van der Waals surface area (Å²) in [6, 6.07) is 0.729. The van der Waals surface area contributed by atoms with Crippen LogP contribution in [0.15, 0.2) is 6.07 Å². The second kappa shape index (κ2) is 6.95. The fourth-order valence-corrected chi connectivity index (χ4v) is 4.31. The zero-order chi connectivity index (χ0) is 15.4. The van der Waals surface area contributed by atoms with Gasteiger partial charge in [0.25, 0.3) is 5.91 Å². The van der Waals surface area contributed by atoms with Crippen molar-refractivity contribution in [2.75, 3.05) is 5.75 Å². The molecule has 2 heterocycles. The molecule has 8 heteroatoms. The Morgan fingerprint density at radius 2 is 2.19 bits per heavy atom. The number of amides is 2. The van der Waals surface area contributed by atoms with Crippen molar-refractivity contribution in [3.05, 3.63) is 21.4 Å². The molecule has 0 aliphatic carbocycles. The fourth-order valence-electron chi connectivity index (χ4n) is 2.03. The summed E-state index contributed by atoms with van der Waals surface area (Å²) < 4.78 is 0. The molecule has 6 nitrogen and oxygen atoms in total. The van der Waals surface area contributed by atoms with Crippen molar-refractivity contribution in [2.24, 2.45) is 5.73 Å². The number of carbonyl (C=O) groups is 3. The van der Waals surface area contributed by atoms with Crippen LogP contribution in [0.25, 0.3) is 0 Å². The molecule has 2 rings (SSSR count). The average Bonchev–Trinajstić information content (AvgIpc) is 2.86. The molecule has 2 amide bonds. The predicted molar refractivity (Wildman–Crippen MR) is 81.5 cm³/mol. The van der Waals surface area contributed by atoms with Crippen molar-refractivity contribution in [3.8, 4) is 0 Å². The molecule has 0 saturated carbocycles. The van der Waals surface area contributed by atoms with Gasteiger partial charge in [-0.15, -0.1) is 11.3 Å². The predicted octanol–water partition coefficient (Wildman–Crippen LogP) is 0.986. The van der Waals surface area contributed by atoms with E-state index in [-0.39, 0.29) is 12.8 Å². The summed E-state index contributed by atoms with van der Waals surface area (Å²) in [5, 5.41) is 11.5. The molecule has 1 aliphatic heterocycles. The minimum Gasteiger partial charge on any atom is -0.480 e. The average molecular weight is 328 g/mol. The molecular formula is C13H16N2O4S2. The van der Waals surface area contributed by atoms with Gasteiger partial charge in [0.2, 0.25) is 5.91 Å². The van der Waals surface area contributed by atoms with Gasteiger partial charge < -0.3 is 16.2 Å². The van der Waals surface area contributed by atoms with Gasteiger partial charge in [-0.2, -0.15) is 11.8 Å². The summed E-state index contributed by atoms with van der Waals surface area (Å²) in [7, 11) is 0. The Hall–Kier alpha value is -1.54. The number of aryl methyl sites for hydroxylation is 1. The van der Waals surface area contributed by atoms with Crippen LogP contribution in [0.3, 0.4) is 0 Å². The van der Waals surface area contributed by atoms with Crippen LogP contribution in [0, 0.1) is 0 Å². The zero-order valence-electron chi connectivity index (χ0n) is 11.3. The number of fused-ring (bicyclic) bond motifs is 1. The van der Waals surface area contributed by atoms with Gasteiger partial charge in [0.05, 0.1) is 4.88 Å². The fraction of sp³-hybridized carbons (Fsp3) is 0.462. The Morgan fingerprint density at radius 3 is 2.81 bits per heavy atom. The number of nitrogens with one attached hydrogen (secondary N) is 1. The topological polar surface area (TPSA) is 109 Å². The Kier molecular flexibility index (Phi) is 5.24. The van der Waals surface area contributed by atoms with Crippen LogP contribution in [0.4, 0.5) is 0 Å². The van der Waals surface area contributed by atoms with E-state index in [1.807, 2.05) is 17.8 Å². The third-order valence-corrected chi connectivity index (χ3v) is 5.38. The SMILES string of the molecule is NC(=O)CC[C@@H](NC(=O)c1cc2c(s1)CCSC2)C(=O)O. The third kappa shape index (κ3) is 4.21. The lowest BCUT2D eigenvalue weighted by Crippen LogP contribution is -2.41. The molecule has 0 bridgehead atoms. The normalized spacial score (nSPS) is 15.0. The first-order chi connectivity index (χ1) is 9.97. The number of primary amides is 1. The van der Waals surface area contributed by atoms with Crippen LogP contribution in [0.5, 0.6) is 0 Å². The highest BCUT2D eigenvalue weighted by molar-refractivity contribution is 7.98. The highest BCUT2D eigenvalue weighted by Crippen LogP contribution is 2.31. The lowest BCUT2D eigenvalue weighted by molar-refractivity contribution is -0.139. The summed E-state index contributed by atoms with van der Waals surface area (Å²) in [5.74, 6) is -0.217. The first-order valence-electron chi connectivity index (χ1n) is 6.48. The molecule has 0 unspecified atom stereocenters. The smallest absolute Gasteiger partial charge is 0.326 e. The van der Waals surface area contributed by atoms with Crippen LogP contribution in [0.1, 0.15) is 33.0 Å². The van der Waals surface area contributed by atoms with E-state index in [2.05, 4.69) is 5.32 Å². The second-order valence-electron chi connectivity index (χ2n) is 4.73. The molecule has 21 heavy (non-hydrogen) atoms. The second-order valence-corrected chi connectivity index (χ2v) is 6.97. The quantitative estimate of drug-likeness (QED) is 0.721. The number of thiophene rings is 1. The molecule has 0 radical (unpaired) electrons. The van der Waals surface area contributed by atoms with Gasteiger partial charge in [0, 0.05) is 17.1 Å². The van der Waals surface area contributed by atoms with Gasteiger partial charge in [-0.3, -0.25) is 9.59 Å². The lowest BCUT2D eigenvalue weighted by Gasteiger charge is -2.12. The number of hydrogen-bond acceptors (Lipinski definition) is 5. The number of nitrogens with two attached hydrogens (primary N) is 1. The minimum atomic E-state index is -1.17. The van der Waals surface area contributed by atoms with Crippen molar-refractivity contribution < 1.29 is 19.5 Å². The van der Waals surface area contributed by atoms with Crippen LogP contribution in [-0.4, -0.2) is 34.7 Å². The molecule has 114 valence electrons. The number of hydrogen-bond donors (Lipinski definition) is 3. The van der Waals surface area contributed by atoms with Crippen molar-refractivity contribution in [2.45, 2.75) is 31.1 Å². The maximum atomic E-state index is 12.1. The van der Waals surface area contributed by atoms with Crippen LogP contribution in [0.2, 0.25) is 0 Å². The Bertz CT molecular complexity index is 547. The number of thioether (sulfide) groups is 1. The number of rotatable bonds is 6. The number of carbonyl (C=O) groups excluding carboxylic acids is 2. The van der Waals surface area contributed by atoms with Crippen molar-refractivity contribution in [3.63, 3.8) is 0 Å². The van der Waals surface area contributed by atoms with Crippen molar-refractivity contribution >= 4 is 40.9 Å². The van der Waals surface area contributed by atoms with Crippen molar-refractivity contribution in [1.82, 2.24) is 5.32 Å². The van der Waals surface area contributed by atoms with E-state index in [0.29, 0.717) is 4.88 Å². The van der Waals surface area contributed by atoms with E-state index in [9.17, 15) is 14.4 Å². The number of carboxylic acids is 1. The van der Waals surface area contributed by atoms with Gasteiger partial charge in [-0.1, -0.05) is 0 Å². The van der Waals surface area contributed by atoms with Gasteiger partial charge >= 0.3 is 5.97 Å². The summed E-state index contributed by atoms with van der Waals surface area (Å²) in [5.41, 5.74) is 6.16. The minimum absolute atomic E-state index is 0.00263. The number of aliphatic carboxylic acids is 1. The van der Waals surface area contributed by atoms with Crippen LogP contribution in [-0.2, 0) is 21.8 Å². The summed E-state index contributed by atoms with van der Waals surface area (Å²) >= 11 is 3.23. The molecule has 0 spiro atoms. The maximum Gasteiger partial charge on any atom is 0.326 e. The molecule has 0 fully saturated rings. The van der Waals surface area contributed by atoms with Gasteiger partial charge in [0.15, 0.2) is 0 Å². The molecule has 4 N–H and O–H groups in total. The third-order valence-electron chi connectivity index (χ3n) is 3.13. The van der Waals surface area contributed by atoms with Gasteiger partial charge in [-0.25, -0.2) is 4.79 Å². The Labute approximate surface area is 130 Å². The highest BCUT2D eigenvalue weighted by atomic mass is 32.2. The van der Waals surface area contributed by atoms with Crippen molar-refractivity contribution in [1.29, 1.82) is 0 Å².